The first-order valence-electron chi connectivity index (χ1n) is 4.66. The van der Waals surface area contributed by atoms with Gasteiger partial charge in [0.25, 0.3) is 0 Å². The van der Waals surface area contributed by atoms with Gasteiger partial charge in [-0.2, -0.15) is 6.58 Å². The molecule has 0 saturated carbocycles. The molecule has 0 radical (unpaired) electrons. The fraction of sp³-hybridized carbons (Fsp3) is 0.333. The molecule has 0 aromatic heterocycles. The van der Waals surface area contributed by atoms with Crippen molar-refractivity contribution in [3.63, 3.8) is 0 Å². The van der Waals surface area contributed by atoms with Gasteiger partial charge in [0, 0.05) is 20.7 Å². The number of ether oxygens (including phenoxy) is 1. The van der Waals surface area contributed by atoms with Crippen molar-refractivity contribution < 1.29 is 45.0 Å². The van der Waals surface area contributed by atoms with E-state index in [0.29, 0.717) is 30.9 Å². The van der Waals surface area contributed by atoms with Gasteiger partial charge in [-0.3, -0.25) is 0 Å². The first-order chi connectivity index (χ1) is 7.65. The van der Waals surface area contributed by atoms with Gasteiger partial charge in [-0.1, -0.05) is 6.08 Å². The summed E-state index contributed by atoms with van der Waals surface area (Å²) in [7, 11) is 3.31. The molecular formula is C12H19FN2O2U. The van der Waals surface area contributed by atoms with Crippen molar-refractivity contribution in [3.05, 3.63) is 43.9 Å². The van der Waals surface area contributed by atoms with Gasteiger partial charge in [0.15, 0.2) is 0 Å². The summed E-state index contributed by atoms with van der Waals surface area (Å²) in [5, 5.41) is 2.23. The molecule has 0 heterocycles. The Labute approximate surface area is 132 Å². The maximum absolute atomic E-state index is 12.5. The predicted octanol–water partition coefficient (Wildman–Crippen LogP) is 1.55. The van der Waals surface area contributed by atoms with Crippen LogP contribution in [0.2, 0.25) is 0 Å². The molecule has 0 saturated heterocycles. The van der Waals surface area contributed by atoms with Crippen molar-refractivity contribution in [2.45, 2.75) is 0 Å². The average Bonchev–Trinajstić information content (AvgIpc) is 2.27. The number of likely N-dealkylation sites (N-methyl/N-ethyl adjacent to an activating group) is 1. The van der Waals surface area contributed by atoms with Gasteiger partial charge >= 0.3 is 31.1 Å². The predicted molar refractivity (Wildman–Crippen MR) is 67.2 cm³/mol. The van der Waals surface area contributed by atoms with Crippen LogP contribution in [0.1, 0.15) is 0 Å². The van der Waals surface area contributed by atoms with Crippen molar-refractivity contribution in [1.82, 2.24) is 10.2 Å². The van der Waals surface area contributed by atoms with Gasteiger partial charge in [0.1, 0.15) is 6.33 Å². The van der Waals surface area contributed by atoms with Gasteiger partial charge in [-0.15, -0.1) is 11.8 Å². The summed E-state index contributed by atoms with van der Waals surface area (Å²) in [5.74, 6) is 0. The summed E-state index contributed by atoms with van der Waals surface area (Å²) in [6.07, 6.45) is 4.94. The van der Waals surface area contributed by atoms with Crippen LogP contribution in [0.5, 0.6) is 0 Å². The molecule has 1 amide bonds. The van der Waals surface area contributed by atoms with Gasteiger partial charge < -0.3 is 27.2 Å². The Hall–Kier alpha value is -0.568. The van der Waals surface area contributed by atoms with Crippen molar-refractivity contribution >= 4 is 6.41 Å². The zero-order valence-electron chi connectivity index (χ0n) is 11.0. The van der Waals surface area contributed by atoms with Crippen molar-refractivity contribution in [3.8, 4) is 0 Å². The zero-order chi connectivity index (χ0) is 12.4. The maximum Gasteiger partial charge on any atom is 2.00 e. The molecule has 0 aliphatic heterocycles. The quantitative estimate of drug-likeness (QED) is 0.326. The number of allylic oxidation sites excluding steroid dienone is 2. The third-order valence-corrected chi connectivity index (χ3v) is 1.85. The van der Waals surface area contributed by atoms with E-state index < -0.39 is 0 Å². The van der Waals surface area contributed by atoms with E-state index in [-0.39, 0.29) is 38.5 Å². The number of carbonyl (C=O) groups excluding carboxylic acids is 1. The molecule has 0 aliphatic carbocycles. The number of hydrogen-bond donors (Lipinski definition) is 1. The summed E-state index contributed by atoms with van der Waals surface area (Å²) >= 11 is 0. The first-order valence-corrected chi connectivity index (χ1v) is 4.66. The van der Waals surface area contributed by atoms with Gasteiger partial charge in [0.2, 0.25) is 0 Å². The van der Waals surface area contributed by atoms with Crippen LogP contribution in [0.3, 0.4) is 0 Å². The van der Waals surface area contributed by atoms with Crippen LogP contribution in [0, 0.1) is 38.5 Å². The molecule has 6 heteroatoms. The number of hydrogen-bond acceptors (Lipinski definition) is 3. The molecule has 4 nitrogen and oxygen atoms in total. The van der Waals surface area contributed by atoms with Crippen LogP contribution in [0.25, 0.3) is 0 Å². The Morgan fingerprint density at radius 1 is 1.56 bits per heavy atom. The van der Waals surface area contributed by atoms with Crippen molar-refractivity contribution in [1.29, 1.82) is 0 Å². The van der Waals surface area contributed by atoms with Crippen molar-refractivity contribution in [2.24, 2.45) is 0 Å². The molecule has 100 valence electrons. The molecule has 18 heavy (non-hydrogen) atoms. The molecule has 1 N–H and O–H groups in total. The van der Waals surface area contributed by atoms with E-state index >= 15 is 0 Å². The zero-order valence-corrected chi connectivity index (χ0v) is 15.2. The minimum absolute atomic E-state index is 0. The third kappa shape index (κ3) is 10.6. The monoisotopic (exact) mass is 480 g/mol. The minimum Gasteiger partial charge on any atom is -0.491 e. The minimum atomic E-state index is 0. The van der Waals surface area contributed by atoms with E-state index in [1.165, 1.54) is 18.6 Å². The van der Waals surface area contributed by atoms with E-state index in [1.54, 1.807) is 19.1 Å². The Morgan fingerprint density at radius 3 is 2.61 bits per heavy atom. The topological polar surface area (TPSA) is 41.6 Å². The van der Waals surface area contributed by atoms with Crippen molar-refractivity contribution in [2.75, 3.05) is 27.3 Å². The number of nitrogens with zero attached hydrogens (tertiary/aromatic N) is 1. The Morgan fingerprint density at radius 2 is 2.17 bits per heavy atom. The Balaban J connectivity index is -0.00000112. The second-order valence-electron chi connectivity index (χ2n) is 3.03. The molecule has 0 aromatic carbocycles. The molecule has 0 atom stereocenters. The van der Waals surface area contributed by atoms with E-state index in [4.69, 9.17) is 4.74 Å². The molecule has 0 aromatic rings. The second-order valence-corrected chi connectivity index (χ2v) is 3.03. The molecular weight excluding hydrogens is 461 g/mol. The molecule has 0 fully saturated rings. The average molecular weight is 480 g/mol. The molecule has 0 aliphatic rings. The largest absolute Gasteiger partial charge is 2.00 e. The van der Waals surface area contributed by atoms with Crippen LogP contribution in [-0.4, -0.2) is 38.6 Å². The van der Waals surface area contributed by atoms with Crippen LogP contribution in [0.15, 0.2) is 36.5 Å². The molecule has 0 rings (SSSR count). The van der Waals surface area contributed by atoms with Crippen LogP contribution in [-0.2, 0) is 9.53 Å². The molecule has 0 unspecified atom stereocenters. The maximum atomic E-state index is 12.5. The van der Waals surface area contributed by atoms with E-state index in [9.17, 15) is 9.18 Å². The van der Waals surface area contributed by atoms with Crippen LogP contribution >= 0.6 is 0 Å². The summed E-state index contributed by atoms with van der Waals surface area (Å²) < 4.78 is 17.4. The number of methoxy groups -OCH3 is 1. The van der Waals surface area contributed by atoms with E-state index in [0.717, 1.165) is 0 Å². The second kappa shape index (κ2) is 14.5. The summed E-state index contributed by atoms with van der Waals surface area (Å²) in [6.45, 7) is 4.59. The number of amides is 1. The van der Waals surface area contributed by atoms with Gasteiger partial charge in [-0.05, 0) is 0 Å². The molecule has 0 bridgehead atoms. The Kier molecular flexibility index (Phi) is 18.2. The summed E-state index contributed by atoms with van der Waals surface area (Å²) in [4.78, 5) is 11.6. The fourth-order valence-corrected chi connectivity index (χ4v) is 0.897. The van der Waals surface area contributed by atoms with E-state index in [2.05, 4.69) is 11.9 Å². The van der Waals surface area contributed by atoms with Gasteiger partial charge in [-0.25, -0.2) is 4.39 Å². The standard InChI is InChI=1S/C11H16FN2O2.CH3.U/c1-10(13-9-15)4-5-11(8-12)14(2)6-7-16-3;;/h4-5,8H,1,6-7H2,2-3H3,(H,13,15);1H3;/q2*-1;+2/b5-4-,11-8-;;. The normalized spacial score (nSPS) is 10.3. The van der Waals surface area contributed by atoms with Crippen LogP contribution < -0.4 is 5.32 Å². The summed E-state index contributed by atoms with van der Waals surface area (Å²) in [6, 6.07) is 0. The van der Waals surface area contributed by atoms with E-state index in [1.807, 2.05) is 0 Å². The Bertz CT molecular complexity index is 294. The third-order valence-electron chi connectivity index (χ3n) is 1.85. The first kappa shape index (κ1) is 22.6. The fourth-order valence-electron chi connectivity index (χ4n) is 0.897. The smallest absolute Gasteiger partial charge is 0.491 e. The SMILES string of the molecule is C=C(/C=C\C(=C\F)N(C)CCOC)N[C-]=O.[CH3-].[U+2]. The summed E-state index contributed by atoms with van der Waals surface area (Å²) in [5.41, 5.74) is 0.709. The van der Waals surface area contributed by atoms with Crippen LogP contribution in [0.4, 0.5) is 4.39 Å². The number of halogens is 1. The molecule has 0 spiro atoms. The van der Waals surface area contributed by atoms with Gasteiger partial charge in [0.05, 0.1) is 18.7 Å². The number of rotatable bonds is 8. The number of nitrogens with one attached hydrogen (secondary N) is 1.